The van der Waals surface area contributed by atoms with Crippen LogP contribution in [0.1, 0.15) is 11.7 Å². The van der Waals surface area contributed by atoms with Gasteiger partial charge in [-0.25, -0.2) is 4.79 Å². The number of carbonyl (C=O) groups is 1. The third-order valence-electron chi connectivity index (χ3n) is 2.44. The highest BCUT2D eigenvalue weighted by molar-refractivity contribution is 5.71. The summed E-state index contributed by atoms with van der Waals surface area (Å²) in [5.74, 6) is 0.754. The largest absolute Gasteiger partial charge is 0.497 e. The average Bonchev–Trinajstić information content (AvgIpc) is 2.38. The molecule has 1 unspecified atom stereocenters. The van der Waals surface area contributed by atoms with Gasteiger partial charge in [-0.2, -0.15) is 0 Å². The van der Waals surface area contributed by atoms with Crippen LogP contribution in [0.4, 0.5) is 4.79 Å². The molecule has 0 bridgehead atoms. The highest BCUT2D eigenvalue weighted by Crippen LogP contribution is 2.16. The number of ether oxygens (including phenoxy) is 1. The Labute approximate surface area is 106 Å². The number of nitrogens with two attached hydrogens (primary N) is 1. The first-order valence-corrected chi connectivity index (χ1v) is 5.69. The van der Waals surface area contributed by atoms with Gasteiger partial charge in [0, 0.05) is 19.6 Å². The zero-order chi connectivity index (χ0) is 13.4. The number of benzene rings is 1. The first-order chi connectivity index (χ1) is 8.63. The van der Waals surface area contributed by atoms with E-state index in [4.69, 9.17) is 10.5 Å². The summed E-state index contributed by atoms with van der Waals surface area (Å²) in [4.78, 5) is 10.4. The van der Waals surface area contributed by atoms with Gasteiger partial charge in [-0.3, -0.25) is 0 Å². The van der Waals surface area contributed by atoms with E-state index in [1.807, 2.05) is 12.1 Å². The van der Waals surface area contributed by atoms with Gasteiger partial charge in [0.25, 0.3) is 0 Å². The monoisotopic (exact) mass is 253 g/mol. The second-order valence-corrected chi connectivity index (χ2v) is 3.78. The van der Waals surface area contributed by atoms with E-state index in [9.17, 15) is 9.90 Å². The molecule has 18 heavy (non-hydrogen) atoms. The Kier molecular flexibility index (Phi) is 5.96. The summed E-state index contributed by atoms with van der Waals surface area (Å²) in [5.41, 5.74) is 5.73. The predicted octanol–water partition coefficient (Wildman–Crippen LogP) is -0.0135. The first-order valence-electron chi connectivity index (χ1n) is 5.69. The lowest BCUT2D eigenvalue weighted by Gasteiger charge is -2.12. The summed E-state index contributed by atoms with van der Waals surface area (Å²) >= 11 is 0. The molecule has 1 aromatic carbocycles. The number of amides is 2. The average molecular weight is 253 g/mol. The van der Waals surface area contributed by atoms with Gasteiger partial charge >= 0.3 is 6.03 Å². The van der Waals surface area contributed by atoms with Crippen molar-refractivity contribution in [2.45, 2.75) is 6.10 Å². The zero-order valence-corrected chi connectivity index (χ0v) is 10.3. The van der Waals surface area contributed by atoms with Crippen LogP contribution in [0.5, 0.6) is 5.75 Å². The molecule has 2 amide bonds. The first kappa shape index (κ1) is 14.3. The molecule has 6 nitrogen and oxygen atoms in total. The zero-order valence-electron chi connectivity index (χ0n) is 10.3. The quantitative estimate of drug-likeness (QED) is 0.514. The molecule has 0 aliphatic carbocycles. The fourth-order valence-corrected chi connectivity index (χ4v) is 1.46. The fraction of sp³-hybridized carbons (Fsp3) is 0.417. The summed E-state index contributed by atoms with van der Waals surface area (Å²) in [5, 5.41) is 15.3. The molecule has 1 atom stereocenters. The van der Waals surface area contributed by atoms with Crippen molar-refractivity contribution < 1.29 is 14.6 Å². The molecule has 0 heterocycles. The lowest BCUT2D eigenvalue weighted by molar-refractivity contribution is 0.175. The molecule has 0 spiro atoms. The van der Waals surface area contributed by atoms with Crippen molar-refractivity contribution in [1.82, 2.24) is 10.6 Å². The molecule has 0 radical (unpaired) electrons. The number of hydrogen-bond donors (Lipinski definition) is 4. The minimum absolute atomic E-state index is 0.409. The number of carbonyl (C=O) groups excluding carboxylic acids is 1. The third-order valence-corrected chi connectivity index (χ3v) is 2.44. The van der Waals surface area contributed by atoms with Crippen LogP contribution < -0.4 is 21.1 Å². The second-order valence-electron chi connectivity index (χ2n) is 3.78. The van der Waals surface area contributed by atoms with Crippen molar-refractivity contribution >= 4 is 6.03 Å². The fourth-order valence-electron chi connectivity index (χ4n) is 1.46. The second kappa shape index (κ2) is 7.52. The van der Waals surface area contributed by atoms with Gasteiger partial charge in [-0.15, -0.1) is 0 Å². The molecule has 0 aliphatic rings. The minimum atomic E-state index is -0.593. The smallest absolute Gasteiger partial charge is 0.312 e. The Hall–Kier alpha value is -1.79. The van der Waals surface area contributed by atoms with Crippen LogP contribution in [0.25, 0.3) is 0 Å². The summed E-state index contributed by atoms with van der Waals surface area (Å²) < 4.78 is 5.04. The molecule has 0 aliphatic heterocycles. The van der Waals surface area contributed by atoms with E-state index in [0.717, 1.165) is 11.3 Å². The number of aliphatic hydroxyl groups excluding tert-OH is 1. The SMILES string of the molecule is COc1ccc(C(O)CNCCNC(N)=O)cc1. The summed E-state index contributed by atoms with van der Waals surface area (Å²) in [6.45, 7) is 1.40. The molecular formula is C12H19N3O3. The molecule has 0 aromatic heterocycles. The molecule has 0 fully saturated rings. The maximum atomic E-state index is 10.4. The highest BCUT2D eigenvalue weighted by atomic mass is 16.5. The lowest BCUT2D eigenvalue weighted by atomic mass is 10.1. The van der Waals surface area contributed by atoms with E-state index in [1.165, 1.54) is 0 Å². The molecule has 1 rings (SSSR count). The van der Waals surface area contributed by atoms with Gasteiger partial charge in [0.15, 0.2) is 0 Å². The predicted molar refractivity (Wildman–Crippen MR) is 68.4 cm³/mol. The Bertz CT molecular complexity index is 367. The Balaban J connectivity index is 2.27. The van der Waals surface area contributed by atoms with Gasteiger partial charge in [0.2, 0.25) is 0 Å². The summed E-state index contributed by atoms with van der Waals surface area (Å²) in [6, 6.07) is 6.67. The van der Waals surface area contributed by atoms with Gasteiger partial charge < -0.3 is 26.2 Å². The van der Waals surface area contributed by atoms with E-state index in [2.05, 4.69) is 10.6 Å². The summed E-state index contributed by atoms with van der Waals surface area (Å²) in [7, 11) is 1.60. The van der Waals surface area contributed by atoms with E-state index in [0.29, 0.717) is 19.6 Å². The number of rotatable bonds is 7. The Morgan fingerprint density at radius 2 is 2.06 bits per heavy atom. The highest BCUT2D eigenvalue weighted by Gasteiger charge is 2.06. The van der Waals surface area contributed by atoms with E-state index >= 15 is 0 Å². The van der Waals surface area contributed by atoms with Crippen molar-refractivity contribution in [2.75, 3.05) is 26.7 Å². The number of urea groups is 1. The van der Waals surface area contributed by atoms with Crippen molar-refractivity contribution in [3.05, 3.63) is 29.8 Å². The molecular weight excluding hydrogens is 234 g/mol. The van der Waals surface area contributed by atoms with Crippen molar-refractivity contribution in [3.8, 4) is 5.75 Å². The standard InChI is InChI=1S/C12H19N3O3/c1-18-10-4-2-9(3-5-10)11(16)8-14-6-7-15-12(13)17/h2-5,11,14,16H,6-8H2,1H3,(H3,13,15,17). The van der Waals surface area contributed by atoms with Gasteiger partial charge in [-0.1, -0.05) is 12.1 Å². The molecule has 0 saturated heterocycles. The van der Waals surface area contributed by atoms with Crippen LogP contribution in [0.15, 0.2) is 24.3 Å². The number of aliphatic hydroxyl groups is 1. The van der Waals surface area contributed by atoms with Gasteiger partial charge in [-0.05, 0) is 17.7 Å². The van der Waals surface area contributed by atoms with Crippen molar-refractivity contribution in [1.29, 1.82) is 0 Å². The van der Waals surface area contributed by atoms with Crippen LogP contribution in [0.3, 0.4) is 0 Å². The number of nitrogens with one attached hydrogen (secondary N) is 2. The van der Waals surface area contributed by atoms with Crippen LogP contribution in [0.2, 0.25) is 0 Å². The topological polar surface area (TPSA) is 96.6 Å². The normalized spacial score (nSPS) is 11.9. The third kappa shape index (κ3) is 5.03. The molecule has 0 saturated carbocycles. The molecule has 6 heteroatoms. The minimum Gasteiger partial charge on any atom is -0.497 e. The maximum absolute atomic E-state index is 10.4. The Morgan fingerprint density at radius 1 is 1.39 bits per heavy atom. The number of methoxy groups -OCH3 is 1. The van der Waals surface area contributed by atoms with Crippen molar-refractivity contribution in [2.24, 2.45) is 5.73 Å². The van der Waals surface area contributed by atoms with Gasteiger partial charge in [0.1, 0.15) is 5.75 Å². The maximum Gasteiger partial charge on any atom is 0.312 e. The van der Waals surface area contributed by atoms with Crippen LogP contribution in [-0.4, -0.2) is 37.9 Å². The van der Waals surface area contributed by atoms with E-state index in [1.54, 1.807) is 19.2 Å². The van der Waals surface area contributed by atoms with E-state index < -0.39 is 12.1 Å². The number of primary amides is 1. The Morgan fingerprint density at radius 3 is 2.61 bits per heavy atom. The van der Waals surface area contributed by atoms with Crippen molar-refractivity contribution in [3.63, 3.8) is 0 Å². The van der Waals surface area contributed by atoms with Crippen LogP contribution in [-0.2, 0) is 0 Å². The van der Waals surface area contributed by atoms with Crippen LogP contribution in [0, 0.1) is 0 Å². The molecule has 5 N–H and O–H groups in total. The molecule has 100 valence electrons. The summed E-state index contributed by atoms with van der Waals surface area (Å²) in [6.07, 6.45) is -0.593. The number of hydrogen-bond acceptors (Lipinski definition) is 4. The van der Waals surface area contributed by atoms with E-state index in [-0.39, 0.29) is 0 Å². The lowest BCUT2D eigenvalue weighted by Crippen LogP contribution is -2.36. The van der Waals surface area contributed by atoms with Crippen LogP contribution >= 0.6 is 0 Å². The van der Waals surface area contributed by atoms with Gasteiger partial charge in [0.05, 0.1) is 13.2 Å². The molecule has 1 aromatic rings.